The maximum atomic E-state index is 12.1. The van der Waals surface area contributed by atoms with E-state index in [2.05, 4.69) is 44.2 Å². The fourth-order valence-corrected chi connectivity index (χ4v) is 3.01. The molecule has 1 heterocycles. The van der Waals surface area contributed by atoms with E-state index >= 15 is 0 Å². The lowest BCUT2D eigenvalue weighted by Crippen LogP contribution is -2.68. The summed E-state index contributed by atoms with van der Waals surface area (Å²) < 4.78 is 15.2. The highest BCUT2D eigenvalue weighted by Gasteiger charge is 2.48. The van der Waals surface area contributed by atoms with Crippen LogP contribution < -0.4 is 4.72 Å². The molecule has 2 atom stereocenters. The van der Waals surface area contributed by atoms with E-state index in [1.165, 1.54) is 0 Å². The van der Waals surface area contributed by atoms with Crippen LogP contribution in [0.25, 0.3) is 0 Å². The van der Waals surface area contributed by atoms with Crippen LogP contribution in [0, 0.1) is 5.41 Å². The molecule has 4 heteroatoms. The van der Waals surface area contributed by atoms with Gasteiger partial charge in [-0.2, -0.15) is 0 Å². The smallest absolute Gasteiger partial charge is 0.136 e. The molecule has 108 valence electrons. The van der Waals surface area contributed by atoms with Gasteiger partial charge in [-0.25, -0.2) is 0 Å². The highest BCUT2D eigenvalue weighted by Crippen LogP contribution is 2.38. The Kier molecular flexibility index (Phi) is 4.49. The van der Waals surface area contributed by atoms with Gasteiger partial charge in [-0.15, -0.1) is 4.72 Å². The summed E-state index contributed by atoms with van der Waals surface area (Å²) in [7, 11) is 0. The number of likely N-dealkylation sites (tertiary alicyclic amines) is 1. The van der Waals surface area contributed by atoms with Gasteiger partial charge >= 0.3 is 0 Å². The van der Waals surface area contributed by atoms with Crippen molar-refractivity contribution in [3.05, 3.63) is 0 Å². The lowest BCUT2D eigenvalue weighted by Gasteiger charge is -2.56. The molecule has 1 N–H and O–H groups in total. The second-order valence-corrected chi connectivity index (χ2v) is 9.90. The Morgan fingerprint density at radius 2 is 1.61 bits per heavy atom. The van der Waals surface area contributed by atoms with E-state index in [0.29, 0.717) is 0 Å². The number of nitrogens with one attached hydrogen (secondary N) is 1. The number of nitrogens with zero attached hydrogens (tertiary/aromatic N) is 1. The largest absolute Gasteiger partial charge is 0.598 e. The number of hydrogen-bond acceptors (Lipinski definition) is 3. The molecule has 1 rings (SSSR count). The molecule has 0 aromatic carbocycles. The van der Waals surface area contributed by atoms with Crippen LogP contribution >= 0.6 is 0 Å². The van der Waals surface area contributed by atoms with Crippen molar-refractivity contribution < 1.29 is 4.55 Å². The van der Waals surface area contributed by atoms with Crippen LogP contribution in [0.3, 0.4) is 0 Å². The molecule has 1 saturated heterocycles. The van der Waals surface area contributed by atoms with Crippen LogP contribution in [0.15, 0.2) is 0 Å². The first-order chi connectivity index (χ1) is 7.86. The molecular weight excluding hydrogens is 244 g/mol. The van der Waals surface area contributed by atoms with Crippen molar-refractivity contribution in [3.8, 4) is 0 Å². The Bertz CT molecular complexity index is 287. The van der Waals surface area contributed by atoms with Gasteiger partial charge in [-0.3, -0.25) is 4.90 Å². The molecule has 1 unspecified atom stereocenters. The van der Waals surface area contributed by atoms with Crippen LogP contribution in [0.2, 0.25) is 0 Å². The van der Waals surface area contributed by atoms with Crippen LogP contribution in [0.4, 0.5) is 0 Å². The molecule has 0 bridgehead atoms. The monoisotopic (exact) mass is 274 g/mol. The molecule has 1 fully saturated rings. The second-order valence-electron chi connectivity index (χ2n) is 7.90. The van der Waals surface area contributed by atoms with Gasteiger partial charge in [0.1, 0.15) is 4.75 Å². The Morgan fingerprint density at radius 1 is 1.17 bits per heavy atom. The van der Waals surface area contributed by atoms with E-state index in [1.807, 2.05) is 20.8 Å². The summed E-state index contributed by atoms with van der Waals surface area (Å²) in [5, 5.41) is 0. The van der Waals surface area contributed by atoms with E-state index in [1.54, 1.807) is 0 Å². The fourth-order valence-electron chi connectivity index (χ4n) is 2.05. The Labute approximate surface area is 116 Å². The third-order valence-corrected chi connectivity index (χ3v) is 5.62. The predicted molar refractivity (Wildman–Crippen MR) is 79.9 cm³/mol. The van der Waals surface area contributed by atoms with Crippen LogP contribution in [0.5, 0.6) is 0 Å². The molecule has 18 heavy (non-hydrogen) atoms. The molecule has 0 spiro atoms. The maximum Gasteiger partial charge on any atom is 0.136 e. The van der Waals surface area contributed by atoms with Crippen molar-refractivity contribution in [3.63, 3.8) is 0 Å². The molecule has 0 saturated carbocycles. The van der Waals surface area contributed by atoms with Gasteiger partial charge < -0.3 is 4.55 Å². The summed E-state index contributed by atoms with van der Waals surface area (Å²) in [5.74, 6) is 0. The summed E-state index contributed by atoms with van der Waals surface area (Å²) in [6, 6.07) is 0.274. The van der Waals surface area contributed by atoms with Crippen molar-refractivity contribution in [2.45, 2.75) is 71.7 Å². The summed E-state index contributed by atoms with van der Waals surface area (Å²) in [6.45, 7) is 19.4. The van der Waals surface area contributed by atoms with Crippen LogP contribution in [-0.4, -0.2) is 38.9 Å². The molecule has 1 aliphatic heterocycles. The normalized spacial score (nSPS) is 24.5. The minimum atomic E-state index is -0.983. The summed E-state index contributed by atoms with van der Waals surface area (Å²) in [6.07, 6.45) is 0. The highest BCUT2D eigenvalue weighted by atomic mass is 32.2. The molecule has 0 aromatic rings. The number of rotatable bonds is 3. The standard InChI is InChI=1S/C14H30N2OS/c1-11(15-18(17)13(5,6)7)14(8)9-16(10-14)12(2,3)4/h11,15H,9-10H2,1-8H3/t11-,18?/m0/s1. The first kappa shape index (κ1) is 16.3. The van der Waals surface area contributed by atoms with E-state index in [4.69, 9.17) is 0 Å². The Morgan fingerprint density at radius 3 is 1.94 bits per heavy atom. The molecule has 3 nitrogen and oxygen atoms in total. The molecule has 0 aromatic heterocycles. The van der Waals surface area contributed by atoms with E-state index in [-0.39, 0.29) is 21.7 Å². The quantitative estimate of drug-likeness (QED) is 0.804. The lowest BCUT2D eigenvalue weighted by molar-refractivity contribution is -0.0616. The average molecular weight is 274 g/mol. The number of hydrogen-bond donors (Lipinski definition) is 1. The SMILES string of the molecule is C[C@H](N[S+]([O-])C(C)(C)C)C1(C)CN(C(C)(C)C)C1. The zero-order chi connectivity index (χ0) is 14.4. The van der Waals surface area contributed by atoms with Crippen molar-refractivity contribution in [2.24, 2.45) is 5.41 Å². The van der Waals surface area contributed by atoms with Gasteiger partial charge in [0, 0.05) is 35.4 Å². The molecular formula is C14H30N2OS. The van der Waals surface area contributed by atoms with Gasteiger partial charge in [0.05, 0.1) is 6.04 Å². The predicted octanol–water partition coefficient (Wildman–Crippen LogP) is 2.55. The van der Waals surface area contributed by atoms with Crippen LogP contribution in [-0.2, 0) is 11.4 Å². The van der Waals surface area contributed by atoms with Gasteiger partial charge in [-0.1, -0.05) is 6.92 Å². The zero-order valence-electron chi connectivity index (χ0n) is 13.3. The van der Waals surface area contributed by atoms with Crippen LogP contribution in [0.1, 0.15) is 55.4 Å². The second kappa shape index (κ2) is 4.97. The third-order valence-electron chi connectivity index (χ3n) is 3.94. The Balaban J connectivity index is 2.52. The minimum absolute atomic E-state index is 0.196. The zero-order valence-corrected chi connectivity index (χ0v) is 14.1. The third kappa shape index (κ3) is 3.62. The lowest BCUT2D eigenvalue weighted by atomic mass is 9.74. The van der Waals surface area contributed by atoms with E-state index in [0.717, 1.165) is 13.1 Å². The Hall–Kier alpha value is 0.230. The molecule has 1 aliphatic rings. The minimum Gasteiger partial charge on any atom is -0.598 e. The van der Waals surface area contributed by atoms with E-state index < -0.39 is 11.4 Å². The van der Waals surface area contributed by atoms with Crippen molar-refractivity contribution in [1.82, 2.24) is 9.62 Å². The summed E-state index contributed by atoms with van der Waals surface area (Å²) >= 11 is -0.983. The van der Waals surface area contributed by atoms with Gasteiger partial charge in [-0.05, 0) is 48.5 Å². The maximum absolute atomic E-state index is 12.1. The van der Waals surface area contributed by atoms with Crippen molar-refractivity contribution in [1.29, 1.82) is 0 Å². The van der Waals surface area contributed by atoms with Crippen molar-refractivity contribution in [2.75, 3.05) is 13.1 Å². The summed E-state index contributed by atoms with van der Waals surface area (Å²) in [4.78, 5) is 2.48. The first-order valence-corrected chi connectivity index (χ1v) is 7.94. The van der Waals surface area contributed by atoms with Gasteiger partial charge in [0.2, 0.25) is 0 Å². The van der Waals surface area contributed by atoms with E-state index in [9.17, 15) is 4.55 Å². The first-order valence-electron chi connectivity index (χ1n) is 6.79. The van der Waals surface area contributed by atoms with Gasteiger partial charge in [0.15, 0.2) is 0 Å². The molecule has 0 aliphatic carbocycles. The van der Waals surface area contributed by atoms with Crippen molar-refractivity contribution >= 4 is 11.4 Å². The molecule has 0 amide bonds. The average Bonchev–Trinajstić information content (AvgIpc) is 2.09. The van der Waals surface area contributed by atoms with Gasteiger partial charge in [0.25, 0.3) is 0 Å². The molecule has 0 radical (unpaired) electrons. The highest BCUT2D eigenvalue weighted by molar-refractivity contribution is 7.90. The fraction of sp³-hybridized carbons (Fsp3) is 1.00. The topological polar surface area (TPSA) is 38.3 Å². The summed E-state index contributed by atoms with van der Waals surface area (Å²) in [5.41, 5.74) is 0.469.